The molecule has 1 aromatic carbocycles. The van der Waals surface area contributed by atoms with Crippen molar-refractivity contribution >= 4 is 45.9 Å². The van der Waals surface area contributed by atoms with Crippen molar-refractivity contribution in [3.05, 3.63) is 30.1 Å². The minimum atomic E-state index is -0.455. The Bertz CT molecular complexity index is 769. The Hall–Kier alpha value is -2.20. The molecule has 10 heteroatoms. The molecular weight excluding hydrogens is 353 g/mol. The van der Waals surface area contributed by atoms with Crippen molar-refractivity contribution in [2.45, 2.75) is 16.5 Å². The van der Waals surface area contributed by atoms with Gasteiger partial charge in [0, 0.05) is 18.8 Å². The summed E-state index contributed by atoms with van der Waals surface area (Å²) in [6, 6.07) is 5.66. The molecule has 0 unspecified atom stereocenters. The SMILES string of the molecule is C[C@@H](Sc1nnc(Nc2cccc(F)c2)s1)C(=O)N1CCNC1=O. The Labute approximate surface area is 145 Å². The molecule has 126 valence electrons. The smallest absolute Gasteiger partial charge is 0.324 e. The maximum absolute atomic E-state index is 13.2. The van der Waals surface area contributed by atoms with Gasteiger partial charge >= 0.3 is 6.03 Å². The molecule has 0 radical (unpaired) electrons. The van der Waals surface area contributed by atoms with E-state index in [9.17, 15) is 14.0 Å². The van der Waals surface area contributed by atoms with E-state index in [0.717, 1.165) is 0 Å². The summed E-state index contributed by atoms with van der Waals surface area (Å²) >= 11 is 2.49. The largest absolute Gasteiger partial charge is 0.336 e. The molecule has 1 aliphatic rings. The first-order valence-corrected chi connectivity index (χ1v) is 8.84. The van der Waals surface area contributed by atoms with Gasteiger partial charge in [0.25, 0.3) is 0 Å². The fraction of sp³-hybridized carbons (Fsp3) is 0.286. The number of hydrogen-bond acceptors (Lipinski definition) is 7. The van der Waals surface area contributed by atoms with Crippen molar-refractivity contribution in [2.24, 2.45) is 0 Å². The third kappa shape index (κ3) is 3.82. The zero-order valence-corrected chi connectivity index (χ0v) is 14.3. The third-order valence-electron chi connectivity index (χ3n) is 3.23. The molecule has 3 rings (SSSR count). The van der Waals surface area contributed by atoms with Gasteiger partial charge in [-0.2, -0.15) is 0 Å². The summed E-state index contributed by atoms with van der Waals surface area (Å²) in [6.07, 6.45) is 0. The Kier molecular flexibility index (Phi) is 4.95. The number of urea groups is 1. The average molecular weight is 367 g/mol. The van der Waals surface area contributed by atoms with Gasteiger partial charge in [-0.05, 0) is 25.1 Å². The molecule has 1 saturated heterocycles. The number of thioether (sulfide) groups is 1. The van der Waals surface area contributed by atoms with Gasteiger partial charge < -0.3 is 10.6 Å². The second-order valence-electron chi connectivity index (χ2n) is 4.99. The lowest BCUT2D eigenvalue weighted by Crippen LogP contribution is -2.38. The van der Waals surface area contributed by atoms with E-state index < -0.39 is 5.25 Å². The van der Waals surface area contributed by atoms with Gasteiger partial charge in [0.1, 0.15) is 5.82 Å². The molecule has 2 heterocycles. The van der Waals surface area contributed by atoms with Crippen LogP contribution in [0, 0.1) is 5.82 Å². The highest BCUT2D eigenvalue weighted by Gasteiger charge is 2.30. The van der Waals surface area contributed by atoms with Crippen molar-refractivity contribution < 1.29 is 14.0 Å². The Morgan fingerprint density at radius 2 is 2.33 bits per heavy atom. The quantitative estimate of drug-likeness (QED) is 0.790. The molecule has 0 saturated carbocycles. The molecule has 2 N–H and O–H groups in total. The van der Waals surface area contributed by atoms with Crippen LogP contribution in [0.1, 0.15) is 6.92 Å². The summed E-state index contributed by atoms with van der Waals surface area (Å²) in [5.41, 5.74) is 0.570. The van der Waals surface area contributed by atoms with Gasteiger partial charge in [-0.25, -0.2) is 9.18 Å². The Morgan fingerprint density at radius 3 is 3.04 bits per heavy atom. The molecule has 1 atom stereocenters. The van der Waals surface area contributed by atoms with Gasteiger partial charge in [0.15, 0.2) is 4.34 Å². The number of imide groups is 1. The van der Waals surface area contributed by atoms with Crippen molar-refractivity contribution in [2.75, 3.05) is 18.4 Å². The molecule has 2 aromatic rings. The van der Waals surface area contributed by atoms with Gasteiger partial charge in [-0.15, -0.1) is 10.2 Å². The first-order chi connectivity index (χ1) is 11.5. The van der Waals surface area contributed by atoms with E-state index in [1.54, 1.807) is 19.1 Å². The zero-order chi connectivity index (χ0) is 17.1. The third-order valence-corrected chi connectivity index (χ3v) is 5.24. The average Bonchev–Trinajstić information content (AvgIpc) is 3.15. The predicted molar refractivity (Wildman–Crippen MR) is 90.0 cm³/mol. The van der Waals surface area contributed by atoms with Crippen LogP contribution >= 0.6 is 23.1 Å². The van der Waals surface area contributed by atoms with Gasteiger partial charge in [-0.3, -0.25) is 9.69 Å². The standard InChI is InChI=1S/C14H14FN5O2S2/c1-8(11(21)20-6-5-16-13(20)22)23-14-19-18-12(24-14)17-10-4-2-3-9(15)7-10/h2-4,7-8H,5-6H2,1H3,(H,16,22)(H,17,18)/t8-/m1/s1. The topological polar surface area (TPSA) is 87.2 Å². The minimum Gasteiger partial charge on any atom is -0.336 e. The van der Waals surface area contributed by atoms with Gasteiger partial charge in [-0.1, -0.05) is 29.2 Å². The molecule has 1 fully saturated rings. The fourth-order valence-corrected chi connectivity index (χ4v) is 4.08. The van der Waals surface area contributed by atoms with Crippen molar-refractivity contribution in [1.82, 2.24) is 20.4 Å². The number of benzene rings is 1. The van der Waals surface area contributed by atoms with Crippen LogP contribution in [-0.4, -0.2) is 45.4 Å². The molecule has 1 aromatic heterocycles. The van der Waals surface area contributed by atoms with E-state index in [2.05, 4.69) is 20.8 Å². The number of rotatable bonds is 5. The monoisotopic (exact) mass is 367 g/mol. The predicted octanol–water partition coefficient (Wildman–Crippen LogP) is 2.45. The highest BCUT2D eigenvalue weighted by atomic mass is 32.2. The first-order valence-electron chi connectivity index (χ1n) is 7.15. The van der Waals surface area contributed by atoms with E-state index in [-0.39, 0.29) is 17.8 Å². The number of hydrogen-bond donors (Lipinski definition) is 2. The van der Waals surface area contributed by atoms with Crippen molar-refractivity contribution in [3.8, 4) is 0 Å². The summed E-state index contributed by atoms with van der Waals surface area (Å²) in [5, 5.41) is 13.6. The number of aromatic nitrogens is 2. The summed E-state index contributed by atoms with van der Waals surface area (Å²) < 4.78 is 13.8. The lowest BCUT2D eigenvalue weighted by Gasteiger charge is -2.16. The van der Waals surface area contributed by atoms with Crippen molar-refractivity contribution in [3.63, 3.8) is 0 Å². The number of nitrogens with zero attached hydrogens (tertiary/aromatic N) is 3. The highest BCUT2D eigenvalue weighted by Crippen LogP contribution is 2.31. The van der Waals surface area contributed by atoms with Crippen LogP contribution in [0.3, 0.4) is 0 Å². The zero-order valence-electron chi connectivity index (χ0n) is 12.7. The Morgan fingerprint density at radius 1 is 1.50 bits per heavy atom. The van der Waals surface area contributed by atoms with Crippen LogP contribution in [0.25, 0.3) is 0 Å². The Balaban J connectivity index is 1.61. The molecule has 0 aliphatic carbocycles. The van der Waals surface area contributed by atoms with Gasteiger partial charge in [0.05, 0.1) is 5.25 Å². The lowest BCUT2D eigenvalue weighted by atomic mass is 10.3. The van der Waals surface area contributed by atoms with Crippen LogP contribution in [0.4, 0.5) is 20.0 Å². The number of anilines is 2. The van der Waals surface area contributed by atoms with Crippen LogP contribution in [0.15, 0.2) is 28.6 Å². The summed E-state index contributed by atoms with van der Waals surface area (Å²) in [6.45, 7) is 2.58. The number of amides is 3. The highest BCUT2D eigenvalue weighted by molar-refractivity contribution is 8.02. The molecule has 7 nitrogen and oxygen atoms in total. The molecule has 0 bridgehead atoms. The van der Waals surface area contributed by atoms with Crippen LogP contribution in [-0.2, 0) is 4.79 Å². The molecule has 1 aliphatic heterocycles. The van der Waals surface area contributed by atoms with E-state index >= 15 is 0 Å². The molecular formula is C14H14FN5O2S2. The van der Waals surface area contributed by atoms with Crippen LogP contribution in [0.5, 0.6) is 0 Å². The number of carbonyl (C=O) groups excluding carboxylic acids is 2. The minimum absolute atomic E-state index is 0.259. The normalized spacial score (nSPS) is 15.2. The number of nitrogens with one attached hydrogen (secondary N) is 2. The van der Waals surface area contributed by atoms with Crippen LogP contribution < -0.4 is 10.6 Å². The summed E-state index contributed by atoms with van der Waals surface area (Å²) in [7, 11) is 0. The van der Waals surface area contributed by atoms with E-state index in [1.165, 1.54) is 40.1 Å². The number of halogens is 1. The maximum Gasteiger partial charge on any atom is 0.324 e. The maximum atomic E-state index is 13.2. The lowest BCUT2D eigenvalue weighted by molar-refractivity contribution is -0.126. The van der Waals surface area contributed by atoms with Gasteiger partial charge in [0.2, 0.25) is 11.0 Å². The first kappa shape index (κ1) is 16.7. The van der Waals surface area contributed by atoms with E-state index in [0.29, 0.717) is 28.2 Å². The molecule has 0 spiro atoms. The summed E-state index contributed by atoms with van der Waals surface area (Å²) in [5.74, 6) is -0.605. The molecule has 3 amide bonds. The fourth-order valence-electron chi connectivity index (χ4n) is 2.10. The van der Waals surface area contributed by atoms with Crippen molar-refractivity contribution in [1.29, 1.82) is 0 Å². The van der Waals surface area contributed by atoms with E-state index in [4.69, 9.17) is 0 Å². The number of carbonyl (C=O) groups is 2. The van der Waals surface area contributed by atoms with E-state index in [1.807, 2.05) is 0 Å². The molecule has 24 heavy (non-hydrogen) atoms. The van der Waals surface area contributed by atoms with Crippen LogP contribution in [0.2, 0.25) is 0 Å². The second kappa shape index (κ2) is 7.14. The second-order valence-corrected chi connectivity index (χ2v) is 7.56. The summed E-state index contributed by atoms with van der Waals surface area (Å²) in [4.78, 5) is 25.0.